The molecule has 2 N–H and O–H groups in total. The number of benzene rings is 2. The van der Waals surface area contributed by atoms with Crippen LogP contribution in [0.25, 0.3) is 0 Å². The van der Waals surface area contributed by atoms with E-state index in [1.165, 1.54) is 0 Å². The zero-order valence-electron chi connectivity index (χ0n) is 11.0. The molecule has 2 rings (SSSR count). The molecule has 0 radical (unpaired) electrons. The van der Waals surface area contributed by atoms with Crippen LogP contribution in [0.2, 0.25) is 0 Å². The van der Waals surface area contributed by atoms with Crippen molar-refractivity contribution < 1.29 is 9.59 Å². The monoisotopic (exact) mass is 268 g/mol. The Kier molecular flexibility index (Phi) is 4.89. The molecule has 0 saturated carbocycles. The second-order valence-corrected chi connectivity index (χ2v) is 4.35. The lowest BCUT2D eigenvalue weighted by Gasteiger charge is -2.07. The first-order valence-corrected chi connectivity index (χ1v) is 6.44. The van der Waals surface area contributed by atoms with Crippen LogP contribution in [0.3, 0.4) is 0 Å². The third-order valence-corrected chi connectivity index (χ3v) is 2.83. The van der Waals surface area contributed by atoms with E-state index in [1.54, 1.807) is 24.3 Å². The van der Waals surface area contributed by atoms with Gasteiger partial charge in [-0.1, -0.05) is 48.5 Å². The number of hydrogen-bond acceptors (Lipinski definition) is 2. The van der Waals surface area contributed by atoms with Crippen LogP contribution >= 0.6 is 0 Å². The Morgan fingerprint density at radius 3 is 2.05 bits per heavy atom. The summed E-state index contributed by atoms with van der Waals surface area (Å²) in [7, 11) is 0. The van der Waals surface area contributed by atoms with E-state index in [4.69, 9.17) is 0 Å². The molecule has 0 unspecified atom stereocenters. The summed E-state index contributed by atoms with van der Waals surface area (Å²) in [5, 5.41) is 0. The van der Waals surface area contributed by atoms with Gasteiger partial charge in [0.25, 0.3) is 5.91 Å². The van der Waals surface area contributed by atoms with E-state index < -0.39 is 0 Å². The highest BCUT2D eigenvalue weighted by atomic mass is 16.2. The molecule has 20 heavy (non-hydrogen) atoms. The zero-order valence-corrected chi connectivity index (χ0v) is 11.0. The van der Waals surface area contributed by atoms with E-state index in [0.29, 0.717) is 18.4 Å². The third kappa shape index (κ3) is 4.24. The molecule has 102 valence electrons. The number of carbonyl (C=O) groups excluding carboxylic acids is 2. The number of nitrogens with one attached hydrogen (secondary N) is 2. The van der Waals surface area contributed by atoms with Crippen LogP contribution in [0.15, 0.2) is 60.7 Å². The maximum atomic E-state index is 11.7. The normalized spacial score (nSPS) is 9.80. The third-order valence-electron chi connectivity index (χ3n) is 2.83. The van der Waals surface area contributed by atoms with Gasteiger partial charge >= 0.3 is 0 Å². The highest BCUT2D eigenvalue weighted by molar-refractivity contribution is 5.95. The van der Waals surface area contributed by atoms with E-state index in [9.17, 15) is 9.59 Å². The van der Waals surface area contributed by atoms with Gasteiger partial charge in [-0.2, -0.15) is 0 Å². The van der Waals surface area contributed by atoms with Gasteiger partial charge in [-0.05, 0) is 24.1 Å². The summed E-state index contributed by atoms with van der Waals surface area (Å²) in [4.78, 5) is 23.3. The van der Waals surface area contributed by atoms with E-state index in [-0.39, 0.29) is 11.8 Å². The first-order chi connectivity index (χ1) is 9.75. The minimum absolute atomic E-state index is 0.210. The summed E-state index contributed by atoms with van der Waals surface area (Å²) in [5.41, 5.74) is 6.41. The minimum Gasteiger partial charge on any atom is -0.273 e. The van der Waals surface area contributed by atoms with Crippen molar-refractivity contribution in [1.82, 2.24) is 10.9 Å². The quantitative estimate of drug-likeness (QED) is 0.834. The molecule has 4 heteroatoms. The van der Waals surface area contributed by atoms with Gasteiger partial charge in [0.2, 0.25) is 5.91 Å². The molecule has 2 aromatic carbocycles. The number of hydrogen-bond donors (Lipinski definition) is 2. The Labute approximate surface area is 117 Å². The standard InChI is InChI=1S/C16H16N2O2/c19-15(12-11-13-7-3-1-4-8-13)17-18-16(20)14-9-5-2-6-10-14/h1-10H,11-12H2,(H,17,19)(H,18,20). The minimum atomic E-state index is -0.321. The van der Waals surface area contributed by atoms with Crippen molar-refractivity contribution in [1.29, 1.82) is 0 Å². The van der Waals surface area contributed by atoms with E-state index in [1.807, 2.05) is 36.4 Å². The second-order valence-electron chi connectivity index (χ2n) is 4.35. The van der Waals surface area contributed by atoms with E-state index >= 15 is 0 Å². The van der Waals surface area contributed by atoms with Crippen LogP contribution in [0.1, 0.15) is 22.3 Å². The lowest BCUT2D eigenvalue weighted by Crippen LogP contribution is -2.41. The van der Waals surface area contributed by atoms with Gasteiger partial charge in [0, 0.05) is 12.0 Å². The number of aryl methyl sites for hydroxylation is 1. The smallest absolute Gasteiger partial charge is 0.269 e. The fourth-order valence-electron chi connectivity index (χ4n) is 1.75. The lowest BCUT2D eigenvalue weighted by molar-refractivity contribution is -0.121. The maximum Gasteiger partial charge on any atom is 0.269 e. The number of rotatable bonds is 4. The molecule has 0 bridgehead atoms. The second kappa shape index (κ2) is 7.09. The van der Waals surface area contributed by atoms with Crippen molar-refractivity contribution in [2.45, 2.75) is 12.8 Å². The summed E-state index contributed by atoms with van der Waals surface area (Å²) in [6.45, 7) is 0. The SMILES string of the molecule is O=C(CCc1ccccc1)NNC(=O)c1ccccc1. The van der Waals surface area contributed by atoms with Crippen molar-refractivity contribution in [2.75, 3.05) is 0 Å². The number of amides is 2. The molecule has 0 fully saturated rings. The zero-order chi connectivity index (χ0) is 14.2. The van der Waals surface area contributed by atoms with Crippen molar-refractivity contribution in [3.8, 4) is 0 Å². The predicted molar refractivity (Wildman–Crippen MR) is 76.8 cm³/mol. The topological polar surface area (TPSA) is 58.2 Å². The summed E-state index contributed by atoms with van der Waals surface area (Å²) in [6, 6.07) is 18.5. The van der Waals surface area contributed by atoms with Crippen LogP contribution in [0, 0.1) is 0 Å². The highest BCUT2D eigenvalue weighted by Crippen LogP contribution is 2.02. The summed E-state index contributed by atoms with van der Waals surface area (Å²) >= 11 is 0. The van der Waals surface area contributed by atoms with Crippen molar-refractivity contribution in [3.05, 3.63) is 71.8 Å². The molecule has 2 aromatic rings. The molecule has 0 aromatic heterocycles. The predicted octanol–water partition coefficient (Wildman–Crippen LogP) is 2.08. The van der Waals surface area contributed by atoms with Crippen LogP contribution in [-0.2, 0) is 11.2 Å². The molecule has 0 saturated heterocycles. The van der Waals surface area contributed by atoms with Crippen LogP contribution in [-0.4, -0.2) is 11.8 Å². The summed E-state index contributed by atoms with van der Waals surface area (Å²) < 4.78 is 0. The number of carbonyl (C=O) groups is 2. The van der Waals surface area contributed by atoms with Gasteiger partial charge in [0.15, 0.2) is 0 Å². The highest BCUT2D eigenvalue weighted by Gasteiger charge is 2.06. The van der Waals surface area contributed by atoms with Gasteiger partial charge in [0.05, 0.1) is 0 Å². The van der Waals surface area contributed by atoms with Crippen molar-refractivity contribution in [3.63, 3.8) is 0 Å². The molecule has 0 heterocycles. The van der Waals surface area contributed by atoms with Crippen molar-refractivity contribution >= 4 is 11.8 Å². The number of hydrazine groups is 1. The molecule has 0 aliphatic heterocycles. The first-order valence-electron chi connectivity index (χ1n) is 6.44. The Morgan fingerprint density at radius 1 is 0.800 bits per heavy atom. The fourth-order valence-corrected chi connectivity index (χ4v) is 1.75. The first kappa shape index (κ1) is 13.8. The van der Waals surface area contributed by atoms with Gasteiger partial charge < -0.3 is 0 Å². The maximum absolute atomic E-state index is 11.7. The summed E-state index contributed by atoms with van der Waals surface area (Å²) in [5.74, 6) is -0.531. The molecule has 0 spiro atoms. The van der Waals surface area contributed by atoms with Crippen LogP contribution < -0.4 is 10.9 Å². The molecule has 2 amide bonds. The Hall–Kier alpha value is -2.62. The van der Waals surface area contributed by atoms with Crippen LogP contribution in [0.5, 0.6) is 0 Å². The van der Waals surface area contributed by atoms with E-state index in [2.05, 4.69) is 10.9 Å². The van der Waals surface area contributed by atoms with Gasteiger partial charge in [-0.25, -0.2) is 0 Å². The molecule has 0 aliphatic carbocycles. The fraction of sp³-hybridized carbons (Fsp3) is 0.125. The summed E-state index contributed by atoms with van der Waals surface area (Å²) in [6.07, 6.45) is 0.979. The van der Waals surface area contributed by atoms with Gasteiger partial charge in [-0.15, -0.1) is 0 Å². The van der Waals surface area contributed by atoms with Gasteiger partial charge in [-0.3, -0.25) is 20.4 Å². The molecule has 0 aliphatic rings. The largest absolute Gasteiger partial charge is 0.273 e. The Balaban J connectivity index is 1.74. The molecule has 0 atom stereocenters. The van der Waals surface area contributed by atoms with Gasteiger partial charge in [0.1, 0.15) is 0 Å². The van der Waals surface area contributed by atoms with Crippen molar-refractivity contribution in [2.24, 2.45) is 0 Å². The van der Waals surface area contributed by atoms with E-state index in [0.717, 1.165) is 5.56 Å². The molecular weight excluding hydrogens is 252 g/mol. The molecular formula is C16H16N2O2. The Morgan fingerprint density at radius 2 is 1.40 bits per heavy atom. The average molecular weight is 268 g/mol. The molecule has 4 nitrogen and oxygen atoms in total. The average Bonchev–Trinajstić information content (AvgIpc) is 2.52. The Bertz CT molecular complexity index is 568. The lowest BCUT2D eigenvalue weighted by atomic mass is 10.1. The van der Waals surface area contributed by atoms with Crippen LogP contribution in [0.4, 0.5) is 0 Å².